The van der Waals surface area contributed by atoms with Crippen LogP contribution in [0.1, 0.15) is 0 Å². The molecule has 0 aromatic heterocycles. The van der Waals surface area contributed by atoms with Gasteiger partial charge in [-0.15, -0.1) is 0 Å². The number of sulfone groups is 2. The van der Waals surface area contributed by atoms with Crippen molar-refractivity contribution in [1.82, 2.24) is 0 Å². The van der Waals surface area contributed by atoms with E-state index in [-0.39, 0.29) is 0 Å². The molecule has 0 saturated heterocycles. The van der Waals surface area contributed by atoms with E-state index < -0.39 is 65.5 Å². The normalized spacial score (nSPS) is 10.5. The van der Waals surface area contributed by atoms with Crippen LogP contribution in [0.5, 0.6) is 0 Å². The summed E-state index contributed by atoms with van der Waals surface area (Å²) in [7, 11) is -11.7. The molecule has 0 rings (SSSR count). The predicted octanol–water partition coefficient (Wildman–Crippen LogP) is -0.0934. The van der Waals surface area contributed by atoms with Gasteiger partial charge in [-0.3, -0.25) is 0 Å². The molecule has 0 heterocycles. The van der Waals surface area contributed by atoms with E-state index in [0.29, 0.717) is 0 Å². The highest BCUT2D eigenvalue weighted by Gasteiger charge is 2.41. The van der Waals surface area contributed by atoms with Gasteiger partial charge in [0.15, 0.2) is 0 Å². The van der Waals surface area contributed by atoms with Crippen LogP contribution in [0.4, 0.5) is 38.4 Å². The minimum Gasteiger partial charge on any atom is -0.449 e. The number of carbonyl (C=O) groups excluding carboxylic acids is 6. The average Bonchev–Trinajstić information content (AvgIpc) is 2.58. The van der Waals surface area contributed by atoms with Crippen LogP contribution in [-0.2, 0) is 48.4 Å². The van der Waals surface area contributed by atoms with Crippen molar-refractivity contribution in [2.75, 3.05) is 0 Å². The first-order valence-electron chi connectivity index (χ1n) is 5.77. The molecule has 0 aliphatic heterocycles. The van der Waals surface area contributed by atoms with Gasteiger partial charge in [0.25, 0.3) is 0 Å². The number of hydrogen-bond acceptors (Lipinski definition) is 18. The zero-order valence-corrected chi connectivity index (χ0v) is 14.7. The van der Waals surface area contributed by atoms with Crippen molar-refractivity contribution in [2.45, 2.75) is 0 Å². The van der Waals surface area contributed by atoms with Crippen LogP contribution < -0.4 is 0 Å². The van der Waals surface area contributed by atoms with E-state index in [1.807, 2.05) is 0 Å². The second-order valence-electron chi connectivity index (χ2n) is 3.61. The average molecular weight is 482 g/mol. The monoisotopic (exact) mass is 482 g/mol. The van der Waals surface area contributed by atoms with Crippen molar-refractivity contribution >= 4 is 65.5 Å². The molecule has 30 heavy (non-hydrogen) atoms. The quantitative estimate of drug-likeness (QED) is 0.150. The number of carbonyl (C=O) groups is 8. The molecule has 0 aliphatic carbocycles. The first kappa shape index (κ1) is 25.7. The van der Waals surface area contributed by atoms with Gasteiger partial charge in [-0.25, -0.2) is 45.6 Å². The molecule has 0 unspecified atom stereocenters. The lowest BCUT2D eigenvalue weighted by Gasteiger charge is -2.03. The topological polar surface area (TPSA) is 301 Å². The first-order chi connectivity index (χ1) is 13.5. The largest absolute Gasteiger partial charge is 0.558 e. The molecule has 0 fully saturated rings. The molecular formula is C8H2O20S2. The summed E-state index contributed by atoms with van der Waals surface area (Å²) in [6.45, 7) is 0. The lowest BCUT2D eigenvalue weighted by atomic mass is 11.3. The Morgan fingerprint density at radius 1 is 0.467 bits per heavy atom. The summed E-state index contributed by atoms with van der Waals surface area (Å²) in [6, 6.07) is 0. The Bertz CT molecular complexity index is 941. The molecule has 0 amide bonds. The van der Waals surface area contributed by atoms with Gasteiger partial charge < -0.3 is 29.2 Å². The Kier molecular flexibility index (Phi) is 8.33. The van der Waals surface area contributed by atoms with E-state index in [1.165, 1.54) is 0 Å². The number of carboxylic acid groups (broad SMARTS) is 2. The summed E-state index contributed by atoms with van der Waals surface area (Å²) >= 11 is 0. The highest BCUT2D eigenvalue weighted by atomic mass is 32.2. The first-order valence-corrected chi connectivity index (χ1v) is 8.74. The van der Waals surface area contributed by atoms with E-state index in [1.54, 1.807) is 0 Å². The van der Waals surface area contributed by atoms with Gasteiger partial charge in [0.05, 0.1) is 0 Å². The fraction of sp³-hybridized carbons (Fsp3) is 0. The van der Waals surface area contributed by atoms with Crippen LogP contribution in [0.25, 0.3) is 0 Å². The molecule has 0 atom stereocenters. The predicted molar refractivity (Wildman–Crippen MR) is 72.8 cm³/mol. The molecule has 22 heteroatoms. The zero-order chi connectivity index (χ0) is 23.9. The molecule has 0 bridgehead atoms. The Labute approximate surface area is 160 Å². The molecule has 20 nitrogen and oxygen atoms in total. The zero-order valence-electron chi connectivity index (χ0n) is 13.1. The summed E-state index contributed by atoms with van der Waals surface area (Å²) in [6.07, 6.45) is -10.1. The van der Waals surface area contributed by atoms with E-state index >= 15 is 0 Å². The standard InChI is InChI=1S/C8H2O20S2/c9-1(10)23-5(15)29(19,20)7(17)25-3(13)27-28-4(14)26-8(18)30(21,22)6(16)24-2(11)12/h(H,9,10)(H,11,12). The fourth-order valence-corrected chi connectivity index (χ4v) is 1.73. The SMILES string of the molecule is O=C(O)OC(=O)S(=O)(=O)C(=O)OC(=O)OOC(=O)OC(=O)S(=O)(=O)C(=O)OC(=O)O. The van der Waals surface area contributed by atoms with Crippen LogP contribution in [0.3, 0.4) is 0 Å². The third-order valence-corrected chi connectivity index (χ3v) is 3.82. The fourth-order valence-electron chi connectivity index (χ4n) is 0.736. The molecule has 0 saturated carbocycles. The molecule has 0 aromatic rings. The van der Waals surface area contributed by atoms with E-state index in [0.717, 1.165) is 0 Å². The van der Waals surface area contributed by atoms with Crippen molar-refractivity contribution in [1.29, 1.82) is 0 Å². The number of hydrogen-bond donors (Lipinski definition) is 2. The van der Waals surface area contributed by atoms with Gasteiger partial charge in [0.2, 0.25) is 0 Å². The van der Waals surface area contributed by atoms with E-state index in [4.69, 9.17) is 10.2 Å². The summed E-state index contributed by atoms with van der Waals surface area (Å²) in [4.78, 5) is 91.8. The summed E-state index contributed by atoms with van der Waals surface area (Å²) in [5.41, 5.74) is 0. The molecule has 2 N–H and O–H groups in total. The second-order valence-corrected chi connectivity index (χ2v) is 6.96. The summed E-state index contributed by atoms with van der Waals surface area (Å²) < 4.78 is 57.1. The lowest BCUT2D eigenvalue weighted by Crippen LogP contribution is -2.30. The van der Waals surface area contributed by atoms with Gasteiger partial charge in [0.1, 0.15) is 0 Å². The Hall–Kier alpha value is -4.34. The van der Waals surface area contributed by atoms with Crippen molar-refractivity contribution in [3.05, 3.63) is 0 Å². The third-order valence-electron chi connectivity index (χ3n) is 1.73. The van der Waals surface area contributed by atoms with Crippen LogP contribution in [0.2, 0.25) is 0 Å². The van der Waals surface area contributed by atoms with E-state index in [2.05, 4.69) is 28.7 Å². The highest BCUT2D eigenvalue weighted by molar-refractivity contribution is 8.18. The third kappa shape index (κ3) is 7.35. The Morgan fingerprint density at radius 2 is 0.700 bits per heavy atom. The van der Waals surface area contributed by atoms with Gasteiger partial charge in [-0.2, -0.15) is 19.4 Å². The maximum Gasteiger partial charge on any atom is 0.558 e. The minimum atomic E-state index is -5.83. The minimum absolute atomic E-state index is 2.46. The van der Waals surface area contributed by atoms with Gasteiger partial charge in [-0.1, -0.05) is 0 Å². The Balaban J connectivity index is 4.81. The highest BCUT2D eigenvalue weighted by Crippen LogP contribution is 2.06. The number of ether oxygens (including phenoxy) is 4. The van der Waals surface area contributed by atoms with Gasteiger partial charge >= 0.3 is 65.5 Å². The van der Waals surface area contributed by atoms with Crippen LogP contribution >= 0.6 is 0 Å². The lowest BCUT2D eigenvalue weighted by molar-refractivity contribution is -0.206. The molecule has 166 valence electrons. The van der Waals surface area contributed by atoms with Crippen LogP contribution in [-0.4, -0.2) is 72.9 Å². The van der Waals surface area contributed by atoms with Crippen LogP contribution in [0.15, 0.2) is 0 Å². The molecular weight excluding hydrogens is 480 g/mol. The molecule has 0 aliphatic rings. The molecule has 0 aromatic carbocycles. The Morgan fingerprint density at radius 3 is 0.933 bits per heavy atom. The molecule has 0 spiro atoms. The molecule has 0 radical (unpaired) electrons. The van der Waals surface area contributed by atoms with Crippen molar-refractivity contribution in [3.8, 4) is 0 Å². The van der Waals surface area contributed by atoms with Gasteiger partial charge in [0, 0.05) is 0 Å². The second kappa shape index (κ2) is 9.73. The smallest absolute Gasteiger partial charge is 0.449 e. The maximum atomic E-state index is 11.1. The van der Waals surface area contributed by atoms with Crippen molar-refractivity contribution < 1.29 is 94.1 Å². The van der Waals surface area contributed by atoms with Gasteiger partial charge in [-0.05, 0) is 0 Å². The summed E-state index contributed by atoms with van der Waals surface area (Å²) in [5.74, 6) is 0. The van der Waals surface area contributed by atoms with Crippen LogP contribution in [0, 0.1) is 0 Å². The summed E-state index contributed by atoms with van der Waals surface area (Å²) in [5, 5.41) is 5.06. The maximum absolute atomic E-state index is 11.1. The van der Waals surface area contributed by atoms with Crippen molar-refractivity contribution in [2.24, 2.45) is 0 Å². The number of rotatable bonds is 0. The van der Waals surface area contributed by atoms with Crippen molar-refractivity contribution in [3.63, 3.8) is 0 Å². The van der Waals surface area contributed by atoms with E-state index in [9.17, 15) is 55.2 Å².